The van der Waals surface area contributed by atoms with Crippen molar-refractivity contribution in [1.29, 1.82) is 0 Å². The summed E-state index contributed by atoms with van der Waals surface area (Å²) in [5.41, 5.74) is 14.4. The number of pyridine rings is 1. The summed E-state index contributed by atoms with van der Waals surface area (Å²) in [6.45, 7) is 2.78. The maximum absolute atomic E-state index is 5.81. The van der Waals surface area contributed by atoms with Gasteiger partial charge in [-0.3, -0.25) is 4.98 Å². The summed E-state index contributed by atoms with van der Waals surface area (Å²) in [7, 11) is 0. The summed E-state index contributed by atoms with van der Waals surface area (Å²) in [4.78, 5) is 4.05. The van der Waals surface area contributed by atoms with Gasteiger partial charge in [0.1, 0.15) is 0 Å². The number of anilines is 1. The van der Waals surface area contributed by atoms with E-state index in [0.717, 1.165) is 24.1 Å². The van der Waals surface area contributed by atoms with E-state index in [1.165, 1.54) is 5.57 Å². The average Bonchev–Trinajstić information content (AvgIpc) is 2.18. The smallest absolute Gasteiger partial charge is 0.0380 e. The van der Waals surface area contributed by atoms with Crippen molar-refractivity contribution in [3.63, 3.8) is 0 Å². The highest BCUT2D eigenvalue weighted by Gasteiger charge is 1.98. The zero-order valence-electron chi connectivity index (χ0n) is 8.53. The van der Waals surface area contributed by atoms with Crippen LogP contribution in [-0.4, -0.2) is 11.5 Å². The highest BCUT2D eigenvalue weighted by Crippen LogP contribution is 2.13. The number of allylic oxidation sites excluding steroid dienone is 1. The van der Waals surface area contributed by atoms with Crippen molar-refractivity contribution in [3.05, 3.63) is 35.7 Å². The van der Waals surface area contributed by atoms with Gasteiger partial charge in [-0.2, -0.15) is 0 Å². The SMILES string of the molecule is CC(=CCCN)Cc1cnccc1N. The molecule has 0 saturated heterocycles. The summed E-state index contributed by atoms with van der Waals surface area (Å²) < 4.78 is 0. The van der Waals surface area contributed by atoms with E-state index in [4.69, 9.17) is 11.5 Å². The Morgan fingerprint density at radius 3 is 3.00 bits per heavy atom. The zero-order chi connectivity index (χ0) is 10.4. The Balaban J connectivity index is 2.64. The Bertz CT molecular complexity index is 318. The fourth-order valence-electron chi connectivity index (χ4n) is 1.29. The third kappa shape index (κ3) is 3.18. The van der Waals surface area contributed by atoms with Crippen LogP contribution >= 0.6 is 0 Å². The number of hydrogen-bond acceptors (Lipinski definition) is 3. The number of nitrogens with two attached hydrogens (primary N) is 2. The van der Waals surface area contributed by atoms with Crippen LogP contribution in [0.3, 0.4) is 0 Å². The third-order valence-electron chi connectivity index (χ3n) is 2.07. The van der Waals surface area contributed by atoms with Crippen LogP contribution < -0.4 is 11.5 Å². The van der Waals surface area contributed by atoms with Crippen molar-refractivity contribution in [3.8, 4) is 0 Å². The normalized spacial score (nSPS) is 11.7. The minimum Gasteiger partial charge on any atom is -0.398 e. The topological polar surface area (TPSA) is 64.9 Å². The Hall–Kier alpha value is -1.35. The van der Waals surface area contributed by atoms with Gasteiger partial charge in [-0.25, -0.2) is 0 Å². The minimum absolute atomic E-state index is 0.694. The summed E-state index contributed by atoms with van der Waals surface area (Å²) >= 11 is 0. The van der Waals surface area contributed by atoms with Crippen molar-refractivity contribution in [2.45, 2.75) is 19.8 Å². The van der Waals surface area contributed by atoms with E-state index >= 15 is 0 Å². The highest BCUT2D eigenvalue weighted by molar-refractivity contribution is 5.45. The molecule has 1 aromatic heterocycles. The molecule has 4 N–H and O–H groups in total. The number of rotatable bonds is 4. The van der Waals surface area contributed by atoms with E-state index < -0.39 is 0 Å². The van der Waals surface area contributed by atoms with E-state index in [-0.39, 0.29) is 0 Å². The molecule has 0 aliphatic rings. The second-order valence-corrected chi connectivity index (χ2v) is 3.38. The lowest BCUT2D eigenvalue weighted by Gasteiger charge is -2.04. The standard InChI is InChI=1S/C11H17N3/c1-9(3-2-5-12)7-10-8-14-6-4-11(10)13/h3-4,6,8H,2,5,7,12H2,1H3,(H2,13,14). The first-order chi connectivity index (χ1) is 6.74. The Kier molecular flexibility index (Phi) is 4.13. The summed E-state index contributed by atoms with van der Waals surface area (Å²) in [6.07, 6.45) is 7.45. The van der Waals surface area contributed by atoms with Gasteiger partial charge in [0.05, 0.1) is 0 Å². The Morgan fingerprint density at radius 1 is 1.57 bits per heavy atom. The summed E-state index contributed by atoms with van der Waals surface area (Å²) in [5.74, 6) is 0. The fourth-order valence-corrected chi connectivity index (χ4v) is 1.29. The summed E-state index contributed by atoms with van der Waals surface area (Å²) in [5, 5.41) is 0. The minimum atomic E-state index is 0.694. The molecule has 0 unspecified atom stereocenters. The molecule has 14 heavy (non-hydrogen) atoms. The molecule has 1 rings (SSSR count). The van der Waals surface area contributed by atoms with Gasteiger partial charge in [0.25, 0.3) is 0 Å². The van der Waals surface area contributed by atoms with Crippen molar-refractivity contribution in [1.82, 2.24) is 4.98 Å². The molecule has 0 aliphatic heterocycles. The largest absolute Gasteiger partial charge is 0.398 e. The number of hydrogen-bond donors (Lipinski definition) is 2. The van der Waals surface area contributed by atoms with Crippen LogP contribution in [0.25, 0.3) is 0 Å². The van der Waals surface area contributed by atoms with Gasteiger partial charge < -0.3 is 11.5 Å². The molecule has 0 aliphatic carbocycles. The molecule has 0 radical (unpaired) electrons. The molecule has 0 aromatic carbocycles. The van der Waals surface area contributed by atoms with Crippen LogP contribution in [0.15, 0.2) is 30.1 Å². The quantitative estimate of drug-likeness (QED) is 0.709. The molecule has 0 saturated carbocycles. The zero-order valence-corrected chi connectivity index (χ0v) is 8.53. The van der Waals surface area contributed by atoms with Crippen LogP contribution in [0.2, 0.25) is 0 Å². The number of nitrogens with zero attached hydrogens (tertiary/aromatic N) is 1. The molecule has 1 aromatic rings. The number of nitrogen functional groups attached to an aromatic ring is 1. The first kappa shape index (κ1) is 10.7. The second-order valence-electron chi connectivity index (χ2n) is 3.38. The Labute approximate surface area is 84.8 Å². The van der Waals surface area contributed by atoms with Crippen LogP contribution in [0.4, 0.5) is 5.69 Å². The van der Waals surface area contributed by atoms with Crippen LogP contribution in [0, 0.1) is 0 Å². The maximum atomic E-state index is 5.81. The van der Waals surface area contributed by atoms with Gasteiger partial charge in [-0.1, -0.05) is 11.6 Å². The molecule has 3 nitrogen and oxygen atoms in total. The maximum Gasteiger partial charge on any atom is 0.0380 e. The predicted octanol–water partition coefficient (Wildman–Crippen LogP) is 1.50. The van der Waals surface area contributed by atoms with Crippen molar-refractivity contribution < 1.29 is 0 Å². The molecule has 0 spiro atoms. The van der Waals surface area contributed by atoms with Crippen molar-refractivity contribution in [2.24, 2.45) is 5.73 Å². The molecule has 76 valence electrons. The molecule has 0 amide bonds. The second kappa shape index (κ2) is 5.40. The van der Waals surface area contributed by atoms with E-state index in [2.05, 4.69) is 18.0 Å². The van der Waals surface area contributed by atoms with E-state index in [1.807, 2.05) is 12.3 Å². The first-order valence-corrected chi connectivity index (χ1v) is 4.78. The van der Waals surface area contributed by atoms with Crippen LogP contribution in [0.1, 0.15) is 18.9 Å². The molecule has 3 heteroatoms. The van der Waals surface area contributed by atoms with Crippen LogP contribution in [-0.2, 0) is 6.42 Å². The van der Waals surface area contributed by atoms with Gasteiger partial charge in [-0.05, 0) is 37.9 Å². The van der Waals surface area contributed by atoms with Gasteiger partial charge in [0, 0.05) is 18.1 Å². The van der Waals surface area contributed by atoms with Gasteiger partial charge in [0.15, 0.2) is 0 Å². The highest BCUT2D eigenvalue weighted by atomic mass is 14.7. The predicted molar refractivity (Wildman–Crippen MR) is 59.8 cm³/mol. The first-order valence-electron chi connectivity index (χ1n) is 4.78. The lowest BCUT2D eigenvalue weighted by molar-refractivity contribution is 0.980. The Morgan fingerprint density at radius 2 is 2.36 bits per heavy atom. The molecule has 0 atom stereocenters. The lowest BCUT2D eigenvalue weighted by Crippen LogP contribution is -1.98. The van der Waals surface area contributed by atoms with E-state index in [9.17, 15) is 0 Å². The molecule has 0 fully saturated rings. The third-order valence-corrected chi connectivity index (χ3v) is 2.07. The van der Waals surface area contributed by atoms with Crippen molar-refractivity contribution >= 4 is 5.69 Å². The van der Waals surface area contributed by atoms with Crippen LogP contribution in [0.5, 0.6) is 0 Å². The van der Waals surface area contributed by atoms with Gasteiger partial charge in [-0.15, -0.1) is 0 Å². The monoisotopic (exact) mass is 191 g/mol. The van der Waals surface area contributed by atoms with Gasteiger partial charge >= 0.3 is 0 Å². The van der Waals surface area contributed by atoms with Crippen molar-refractivity contribution in [2.75, 3.05) is 12.3 Å². The molecular formula is C11H17N3. The molecular weight excluding hydrogens is 174 g/mol. The molecule has 0 bridgehead atoms. The fraction of sp³-hybridized carbons (Fsp3) is 0.364. The average molecular weight is 191 g/mol. The molecule has 1 heterocycles. The lowest BCUT2D eigenvalue weighted by atomic mass is 10.1. The number of aromatic nitrogens is 1. The van der Waals surface area contributed by atoms with Gasteiger partial charge in [0.2, 0.25) is 0 Å². The summed E-state index contributed by atoms with van der Waals surface area (Å²) in [6, 6.07) is 1.82. The van der Waals surface area contributed by atoms with E-state index in [0.29, 0.717) is 6.54 Å². The van der Waals surface area contributed by atoms with E-state index in [1.54, 1.807) is 6.20 Å².